The summed E-state index contributed by atoms with van der Waals surface area (Å²) in [6.45, 7) is 9.56. The lowest BCUT2D eigenvalue weighted by Gasteiger charge is -2.33. The van der Waals surface area contributed by atoms with Gasteiger partial charge >= 0.3 is 0 Å². The number of thioether (sulfide) groups is 1. The Bertz CT molecular complexity index is 1380. The largest absolute Gasteiger partial charge is 0.494 e. The molecule has 2 aromatic carbocycles. The number of ether oxygens (including phenoxy) is 1. The van der Waals surface area contributed by atoms with Crippen molar-refractivity contribution >= 4 is 33.3 Å². The first-order valence-electron chi connectivity index (χ1n) is 12.3. The second kappa shape index (κ2) is 9.82. The zero-order valence-electron chi connectivity index (χ0n) is 20.8. The minimum Gasteiger partial charge on any atom is -0.494 e. The number of aromatic nitrogens is 2. The van der Waals surface area contributed by atoms with Gasteiger partial charge in [0.05, 0.1) is 17.7 Å². The Hall–Kier alpha value is -2.57. The molecule has 35 heavy (non-hydrogen) atoms. The summed E-state index contributed by atoms with van der Waals surface area (Å²) in [5.74, 6) is 2.19. The van der Waals surface area contributed by atoms with Crippen molar-refractivity contribution in [3.05, 3.63) is 81.0 Å². The van der Waals surface area contributed by atoms with Crippen LogP contribution in [0.5, 0.6) is 5.75 Å². The number of thiophene rings is 1. The molecule has 2 aromatic heterocycles. The average molecular weight is 505 g/mol. The SMILES string of the molecule is CCOc1ccc(-n2c(SCc3ccccc3)nc3sc4c(c3c2=O)CCC(C(C)(C)C)C4)cc1. The van der Waals surface area contributed by atoms with Crippen LogP contribution in [0, 0.1) is 11.3 Å². The van der Waals surface area contributed by atoms with Crippen LogP contribution in [0.3, 0.4) is 0 Å². The monoisotopic (exact) mass is 504 g/mol. The molecule has 1 unspecified atom stereocenters. The molecular formula is C29H32N2O2S2. The first-order valence-corrected chi connectivity index (χ1v) is 14.1. The molecular weight excluding hydrogens is 472 g/mol. The van der Waals surface area contributed by atoms with Crippen LogP contribution < -0.4 is 10.3 Å². The molecule has 1 atom stereocenters. The number of fused-ring (bicyclic) bond motifs is 3. The third-order valence-corrected chi connectivity index (χ3v) is 9.05. The van der Waals surface area contributed by atoms with E-state index in [4.69, 9.17) is 9.72 Å². The van der Waals surface area contributed by atoms with Crippen LogP contribution in [0.2, 0.25) is 0 Å². The second-order valence-electron chi connectivity index (χ2n) is 10.2. The molecule has 0 amide bonds. The van der Waals surface area contributed by atoms with Crippen molar-refractivity contribution in [2.45, 2.75) is 57.9 Å². The van der Waals surface area contributed by atoms with Crippen molar-refractivity contribution in [2.24, 2.45) is 11.3 Å². The quantitative estimate of drug-likeness (QED) is 0.204. The molecule has 0 fully saturated rings. The van der Waals surface area contributed by atoms with Crippen LogP contribution in [0.1, 0.15) is 50.1 Å². The van der Waals surface area contributed by atoms with Gasteiger partial charge in [0, 0.05) is 10.6 Å². The van der Waals surface area contributed by atoms with Gasteiger partial charge in [0.15, 0.2) is 5.16 Å². The van der Waals surface area contributed by atoms with E-state index in [0.717, 1.165) is 51.8 Å². The molecule has 5 rings (SSSR count). The molecule has 1 aliphatic carbocycles. The number of hydrogen-bond donors (Lipinski definition) is 0. The van der Waals surface area contributed by atoms with Crippen molar-refractivity contribution < 1.29 is 4.74 Å². The fourth-order valence-electron chi connectivity index (χ4n) is 4.85. The smallest absolute Gasteiger partial charge is 0.267 e. The van der Waals surface area contributed by atoms with Crippen molar-refractivity contribution in [1.29, 1.82) is 0 Å². The van der Waals surface area contributed by atoms with E-state index in [0.29, 0.717) is 12.5 Å². The summed E-state index contributed by atoms with van der Waals surface area (Å²) in [6, 6.07) is 18.1. The third kappa shape index (κ3) is 4.91. The van der Waals surface area contributed by atoms with E-state index >= 15 is 0 Å². The number of rotatable bonds is 6. The maximum absolute atomic E-state index is 14.1. The van der Waals surface area contributed by atoms with Crippen LogP contribution in [-0.4, -0.2) is 16.2 Å². The third-order valence-electron chi connectivity index (χ3n) is 6.89. The number of benzene rings is 2. The van der Waals surface area contributed by atoms with E-state index in [9.17, 15) is 4.79 Å². The van der Waals surface area contributed by atoms with Gasteiger partial charge in [-0.3, -0.25) is 9.36 Å². The van der Waals surface area contributed by atoms with E-state index in [1.807, 2.05) is 49.4 Å². The van der Waals surface area contributed by atoms with E-state index < -0.39 is 0 Å². The van der Waals surface area contributed by atoms with Gasteiger partial charge in [-0.2, -0.15) is 0 Å². The van der Waals surface area contributed by atoms with Crippen LogP contribution in [0.25, 0.3) is 15.9 Å². The zero-order valence-corrected chi connectivity index (χ0v) is 22.5. The Morgan fingerprint density at radius 1 is 1.11 bits per heavy atom. The summed E-state index contributed by atoms with van der Waals surface area (Å²) < 4.78 is 7.43. The second-order valence-corrected chi connectivity index (χ2v) is 12.3. The Balaban J connectivity index is 1.61. The molecule has 2 heterocycles. The highest BCUT2D eigenvalue weighted by Gasteiger charge is 2.32. The van der Waals surface area contributed by atoms with Crippen molar-refractivity contribution in [2.75, 3.05) is 6.61 Å². The minimum absolute atomic E-state index is 0.0430. The summed E-state index contributed by atoms with van der Waals surface area (Å²) in [6.07, 6.45) is 3.11. The summed E-state index contributed by atoms with van der Waals surface area (Å²) in [5.41, 5.74) is 3.57. The molecule has 0 N–H and O–H groups in total. The molecule has 0 aliphatic heterocycles. The highest BCUT2D eigenvalue weighted by Crippen LogP contribution is 2.42. The lowest BCUT2D eigenvalue weighted by Crippen LogP contribution is -2.27. The Morgan fingerprint density at radius 2 is 1.86 bits per heavy atom. The van der Waals surface area contributed by atoms with Gasteiger partial charge in [0.1, 0.15) is 10.6 Å². The molecule has 0 spiro atoms. The molecule has 0 radical (unpaired) electrons. The predicted octanol–water partition coefficient (Wildman–Crippen LogP) is 7.29. The molecule has 0 saturated carbocycles. The summed E-state index contributed by atoms with van der Waals surface area (Å²) in [5, 5.41) is 1.55. The lowest BCUT2D eigenvalue weighted by molar-refractivity contribution is 0.218. The van der Waals surface area contributed by atoms with Gasteiger partial charge in [-0.25, -0.2) is 4.98 Å². The standard InChI is InChI=1S/C29H32N2O2S2/c1-5-33-22-14-12-21(13-15-22)31-27(32)25-23-16-11-20(29(2,3)4)17-24(23)35-26(25)30-28(31)34-18-19-9-7-6-8-10-19/h6-10,12-15,20H,5,11,16-18H2,1-4H3. The maximum atomic E-state index is 14.1. The molecule has 182 valence electrons. The topological polar surface area (TPSA) is 44.1 Å². The van der Waals surface area contributed by atoms with E-state index in [-0.39, 0.29) is 11.0 Å². The molecule has 0 saturated heterocycles. The molecule has 6 heteroatoms. The van der Waals surface area contributed by atoms with Crippen molar-refractivity contribution in [1.82, 2.24) is 9.55 Å². The van der Waals surface area contributed by atoms with Gasteiger partial charge in [-0.05, 0) is 72.9 Å². The van der Waals surface area contributed by atoms with Crippen molar-refractivity contribution in [3.63, 3.8) is 0 Å². The first-order chi connectivity index (χ1) is 16.8. The number of aryl methyl sites for hydroxylation is 1. The van der Waals surface area contributed by atoms with Gasteiger partial charge in [0.25, 0.3) is 5.56 Å². The maximum Gasteiger partial charge on any atom is 0.267 e. The Kier molecular flexibility index (Phi) is 6.78. The Labute approximate surface area is 215 Å². The molecule has 4 aromatic rings. The average Bonchev–Trinajstić information content (AvgIpc) is 3.22. The van der Waals surface area contributed by atoms with E-state index in [2.05, 4.69) is 32.9 Å². The molecule has 0 bridgehead atoms. The van der Waals surface area contributed by atoms with Crippen LogP contribution in [0.4, 0.5) is 0 Å². The first kappa shape index (κ1) is 24.1. The fourth-order valence-corrected chi connectivity index (χ4v) is 7.16. The zero-order chi connectivity index (χ0) is 24.6. The van der Waals surface area contributed by atoms with Crippen LogP contribution in [0.15, 0.2) is 64.5 Å². The minimum atomic E-state index is 0.0430. The number of nitrogens with zero attached hydrogens (tertiary/aromatic N) is 2. The molecule has 4 nitrogen and oxygen atoms in total. The van der Waals surface area contributed by atoms with E-state index in [1.54, 1.807) is 27.7 Å². The highest BCUT2D eigenvalue weighted by molar-refractivity contribution is 7.98. The molecule has 1 aliphatic rings. The fraction of sp³-hybridized carbons (Fsp3) is 0.379. The van der Waals surface area contributed by atoms with Gasteiger partial charge in [0.2, 0.25) is 0 Å². The highest BCUT2D eigenvalue weighted by atomic mass is 32.2. The van der Waals surface area contributed by atoms with Gasteiger partial charge in [-0.15, -0.1) is 11.3 Å². The van der Waals surface area contributed by atoms with Gasteiger partial charge in [-0.1, -0.05) is 62.9 Å². The van der Waals surface area contributed by atoms with Crippen molar-refractivity contribution in [3.8, 4) is 11.4 Å². The summed E-state index contributed by atoms with van der Waals surface area (Å²) in [7, 11) is 0. The van der Waals surface area contributed by atoms with Crippen LogP contribution >= 0.6 is 23.1 Å². The van der Waals surface area contributed by atoms with Crippen LogP contribution in [-0.2, 0) is 18.6 Å². The van der Waals surface area contributed by atoms with E-state index in [1.165, 1.54) is 16.0 Å². The predicted molar refractivity (Wildman–Crippen MR) is 147 cm³/mol. The number of hydrogen-bond acceptors (Lipinski definition) is 5. The lowest BCUT2D eigenvalue weighted by atomic mass is 9.72. The Morgan fingerprint density at radius 3 is 2.54 bits per heavy atom. The summed E-state index contributed by atoms with van der Waals surface area (Å²) in [4.78, 5) is 21.4. The van der Waals surface area contributed by atoms with Gasteiger partial charge < -0.3 is 4.74 Å². The summed E-state index contributed by atoms with van der Waals surface area (Å²) >= 11 is 3.34. The normalized spacial score (nSPS) is 15.8.